The lowest BCUT2D eigenvalue weighted by Crippen LogP contribution is -2.35. The zero-order chi connectivity index (χ0) is 12.9. The van der Waals surface area contributed by atoms with Crippen LogP contribution in [0.3, 0.4) is 0 Å². The lowest BCUT2D eigenvalue weighted by molar-refractivity contribution is 0.0455. The summed E-state index contributed by atoms with van der Waals surface area (Å²) >= 11 is 0. The highest BCUT2D eigenvalue weighted by molar-refractivity contribution is 5.32. The maximum Gasteiger partial charge on any atom is 0.322 e. The maximum absolute atomic E-state index is 10.1. The summed E-state index contributed by atoms with van der Waals surface area (Å²) in [5.74, 6) is 0.380. The number of methoxy groups -OCH3 is 1. The molecule has 1 heterocycles. The first-order chi connectivity index (χ1) is 8.03. The molecule has 1 rings (SSSR count). The van der Waals surface area contributed by atoms with E-state index in [1.807, 2.05) is 13.8 Å². The lowest BCUT2D eigenvalue weighted by atomic mass is 9.98. The summed E-state index contributed by atoms with van der Waals surface area (Å²) in [5.41, 5.74) is 4.73. The maximum atomic E-state index is 10.1. The van der Waals surface area contributed by atoms with E-state index in [1.165, 1.54) is 7.11 Å². The number of nitrogens with one attached hydrogen (secondary N) is 1. The van der Waals surface area contributed by atoms with Gasteiger partial charge in [-0.05, 0) is 12.8 Å². The van der Waals surface area contributed by atoms with Gasteiger partial charge in [0.25, 0.3) is 0 Å². The normalized spacial score (nSPS) is 11.3. The molecule has 0 amide bonds. The van der Waals surface area contributed by atoms with E-state index in [0.717, 1.165) is 0 Å². The van der Waals surface area contributed by atoms with Crippen LogP contribution >= 0.6 is 0 Å². The van der Waals surface area contributed by atoms with Crippen LogP contribution in [0.4, 0.5) is 11.9 Å². The van der Waals surface area contributed by atoms with E-state index in [0.29, 0.717) is 25.3 Å². The molecule has 17 heavy (non-hydrogen) atoms. The third-order valence-electron chi connectivity index (χ3n) is 2.71. The van der Waals surface area contributed by atoms with Crippen molar-refractivity contribution in [3.63, 3.8) is 0 Å². The molecule has 0 aliphatic heterocycles. The van der Waals surface area contributed by atoms with Gasteiger partial charge in [-0.25, -0.2) is 0 Å². The standard InChI is InChI=1S/C10H19N5O2/c1-4-10(16,5-2)6-12-8-13-7(11)14-9(15-8)17-3/h16H,4-6H2,1-3H3,(H3,11,12,13,14,15). The zero-order valence-corrected chi connectivity index (χ0v) is 10.4. The van der Waals surface area contributed by atoms with Crippen molar-refractivity contribution >= 4 is 11.9 Å². The van der Waals surface area contributed by atoms with E-state index in [-0.39, 0.29) is 12.0 Å². The molecule has 96 valence electrons. The van der Waals surface area contributed by atoms with Crippen LogP contribution in [-0.2, 0) is 0 Å². The van der Waals surface area contributed by atoms with E-state index in [2.05, 4.69) is 20.3 Å². The number of nitrogen functional groups attached to an aromatic ring is 1. The number of rotatable bonds is 6. The molecular formula is C10H19N5O2. The van der Waals surface area contributed by atoms with Gasteiger partial charge in [0.2, 0.25) is 11.9 Å². The van der Waals surface area contributed by atoms with Crippen molar-refractivity contribution in [3.8, 4) is 6.01 Å². The van der Waals surface area contributed by atoms with Crippen LogP contribution in [0.5, 0.6) is 6.01 Å². The molecule has 0 saturated heterocycles. The molecule has 0 spiro atoms. The van der Waals surface area contributed by atoms with Crippen molar-refractivity contribution in [1.82, 2.24) is 15.0 Å². The second-order valence-corrected chi connectivity index (χ2v) is 3.79. The molecule has 0 aliphatic carbocycles. The van der Waals surface area contributed by atoms with E-state index < -0.39 is 5.60 Å². The van der Waals surface area contributed by atoms with Crippen LogP contribution in [0.2, 0.25) is 0 Å². The SMILES string of the molecule is CCC(O)(CC)CNc1nc(N)nc(OC)n1. The number of nitrogens with two attached hydrogens (primary N) is 1. The van der Waals surface area contributed by atoms with Crippen LogP contribution in [0.25, 0.3) is 0 Å². The topological polar surface area (TPSA) is 106 Å². The highest BCUT2D eigenvalue weighted by Gasteiger charge is 2.22. The Kier molecular flexibility index (Phi) is 4.45. The van der Waals surface area contributed by atoms with Crippen molar-refractivity contribution in [2.75, 3.05) is 24.7 Å². The first-order valence-corrected chi connectivity index (χ1v) is 5.54. The predicted molar refractivity (Wildman–Crippen MR) is 64.8 cm³/mol. The van der Waals surface area contributed by atoms with Crippen LogP contribution in [0.15, 0.2) is 0 Å². The summed E-state index contributed by atoms with van der Waals surface area (Å²) in [6, 6.07) is 0.150. The van der Waals surface area contributed by atoms with E-state index in [4.69, 9.17) is 10.5 Å². The van der Waals surface area contributed by atoms with Gasteiger partial charge in [0.15, 0.2) is 0 Å². The fraction of sp³-hybridized carbons (Fsp3) is 0.700. The second-order valence-electron chi connectivity index (χ2n) is 3.79. The first kappa shape index (κ1) is 13.4. The first-order valence-electron chi connectivity index (χ1n) is 5.54. The number of anilines is 2. The fourth-order valence-corrected chi connectivity index (χ4v) is 1.29. The van der Waals surface area contributed by atoms with Crippen molar-refractivity contribution < 1.29 is 9.84 Å². The molecule has 0 radical (unpaired) electrons. The van der Waals surface area contributed by atoms with E-state index >= 15 is 0 Å². The third kappa shape index (κ3) is 3.70. The Morgan fingerprint density at radius 2 is 1.94 bits per heavy atom. The second kappa shape index (κ2) is 5.62. The van der Waals surface area contributed by atoms with Gasteiger partial charge < -0.3 is 20.9 Å². The minimum atomic E-state index is -0.769. The number of hydrogen-bond donors (Lipinski definition) is 3. The van der Waals surface area contributed by atoms with Crippen LogP contribution < -0.4 is 15.8 Å². The molecule has 4 N–H and O–H groups in total. The minimum absolute atomic E-state index is 0.0795. The Bertz CT molecular complexity index is 368. The van der Waals surface area contributed by atoms with Gasteiger partial charge in [-0.1, -0.05) is 13.8 Å². The predicted octanol–water partition coefficient (Wildman–Crippen LogP) is 0.425. The number of ether oxygens (including phenoxy) is 1. The zero-order valence-electron chi connectivity index (χ0n) is 10.4. The quantitative estimate of drug-likeness (QED) is 0.662. The molecule has 0 aromatic carbocycles. The van der Waals surface area contributed by atoms with Gasteiger partial charge in [0.05, 0.1) is 12.7 Å². The lowest BCUT2D eigenvalue weighted by Gasteiger charge is -2.25. The molecule has 1 aromatic rings. The third-order valence-corrected chi connectivity index (χ3v) is 2.71. The molecule has 0 fully saturated rings. The highest BCUT2D eigenvalue weighted by Crippen LogP contribution is 2.16. The largest absolute Gasteiger partial charge is 0.467 e. The monoisotopic (exact) mass is 241 g/mol. The fourth-order valence-electron chi connectivity index (χ4n) is 1.29. The number of aliphatic hydroxyl groups is 1. The van der Waals surface area contributed by atoms with Crippen molar-refractivity contribution in [2.24, 2.45) is 0 Å². The number of nitrogens with zero attached hydrogens (tertiary/aromatic N) is 3. The molecule has 0 atom stereocenters. The Morgan fingerprint density at radius 1 is 1.29 bits per heavy atom. The van der Waals surface area contributed by atoms with E-state index in [1.54, 1.807) is 0 Å². The molecule has 0 unspecified atom stereocenters. The van der Waals surface area contributed by atoms with Gasteiger partial charge in [-0.15, -0.1) is 0 Å². The minimum Gasteiger partial charge on any atom is -0.467 e. The molecule has 7 nitrogen and oxygen atoms in total. The average Bonchev–Trinajstić information content (AvgIpc) is 2.35. The van der Waals surface area contributed by atoms with Crippen molar-refractivity contribution in [2.45, 2.75) is 32.3 Å². The Balaban J connectivity index is 2.72. The van der Waals surface area contributed by atoms with Crippen LogP contribution in [-0.4, -0.2) is 39.3 Å². The summed E-state index contributed by atoms with van der Waals surface area (Å²) in [7, 11) is 1.45. The highest BCUT2D eigenvalue weighted by atomic mass is 16.5. The van der Waals surface area contributed by atoms with Gasteiger partial charge in [0, 0.05) is 6.54 Å². The summed E-state index contributed by atoms with van der Waals surface area (Å²) in [6.45, 7) is 4.20. The van der Waals surface area contributed by atoms with Crippen LogP contribution in [0, 0.1) is 0 Å². The molecule has 1 aromatic heterocycles. The van der Waals surface area contributed by atoms with Crippen molar-refractivity contribution in [3.05, 3.63) is 0 Å². The summed E-state index contributed by atoms with van der Waals surface area (Å²) < 4.78 is 4.88. The number of aromatic nitrogens is 3. The van der Waals surface area contributed by atoms with Gasteiger partial charge in [-0.3, -0.25) is 0 Å². The molecular weight excluding hydrogens is 222 g/mol. The molecule has 0 bridgehead atoms. The molecule has 7 heteroatoms. The summed E-state index contributed by atoms with van der Waals surface area (Å²) in [4.78, 5) is 11.7. The smallest absolute Gasteiger partial charge is 0.322 e. The summed E-state index contributed by atoms with van der Waals surface area (Å²) in [5, 5.41) is 13.0. The Hall–Kier alpha value is -1.63. The van der Waals surface area contributed by atoms with Gasteiger partial charge in [-0.2, -0.15) is 15.0 Å². The van der Waals surface area contributed by atoms with Crippen molar-refractivity contribution in [1.29, 1.82) is 0 Å². The van der Waals surface area contributed by atoms with Gasteiger partial charge >= 0.3 is 6.01 Å². The average molecular weight is 241 g/mol. The molecule has 0 saturated carbocycles. The van der Waals surface area contributed by atoms with Crippen LogP contribution in [0.1, 0.15) is 26.7 Å². The van der Waals surface area contributed by atoms with E-state index in [9.17, 15) is 5.11 Å². The number of hydrogen-bond acceptors (Lipinski definition) is 7. The Morgan fingerprint density at radius 3 is 2.47 bits per heavy atom. The molecule has 0 aliphatic rings. The summed E-state index contributed by atoms with van der Waals surface area (Å²) in [6.07, 6.45) is 1.29. The van der Waals surface area contributed by atoms with Gasteiger partial charge in [0.1, 0.15) is 0 Å². The Labute approximate surface area is 100 Å².